The summed E-state index contributed by atoms with van der Waals surface area (Å²) in [4.78, 5) is 36.6. The van der Waals surface area contributed by atoms with Crippen molar-refractivity contribution in [2.75, 3.05) is 13.7 Å². The van der Waals surface area contributed by atoms with Gasteiger partial charge in [0.25, 0.3) is 0 Å². The average Bonchev–Trinajstić information content (AvgIpc) is 2.81. The first-order chi connectivity index (χ1) is 15.0. The zero-order valence-electron chi connectivity index (χ0n) is 16.9. The molecule has 9 nitrogen and oxygen atoms in total. The van der Waals surface area contributed by atoms with Crippen molar-refractivity contribution in [2.45, 2.75) is 25.1 Å². The lowest BCUT2D eigenvalue weighted by atomic mass is 10.0. The highest BCUT2D eigenvalue weighted by molar-refractivity contribution is 5.89. The van der Waals surface area contributed by atoms with Crippen molar-refractivity contribution in [2.24, 2.45) is 0 Å². The van der Waals surface area contributed by atoms with E-state index in [0.717, 1.165) is 5.56 Å². The predicted molar refractivity (Wildman–Crippen MR) is 109 cm³/mol. The van der Waals surface area contributed by atoms with E-state index in [0.29, 0.717) is 11.1 Å². The van der Waals surface area contributed by atoms with Crippen molar-refractivity contribution in [3.8, 4) is 6.07 Å². The topological polar surface area (TPSA) is 138 Å². The summed E-state index contributed by atoms with van der Waals surface area (Å²) in [5, 5.41) is 23.1. The minimum absolute atomic E-state index is 0.00405. The maximum atomic E-state index is 12.5. The number of amides is 2. The van der Waals surface area contributed by atoms with Crippen LogP contribution in [0.1, 0.15) is 16.7 Å². The summed E-state index contributed by atoms with van der Waals surface area (Å²) in [5.74, 6) is -1.47. The normalized spacial score (nSPS) is 12.0. The monoisotopic (exact) mass is 425 g/mol. The number of hydrogen-bond acceptors (Lipinski definition) is 7. The Balaban J connectivity index is 1.96. The fraction of sp³-hybridized carbons (Fsp3) is 0.273. The van der Waals surface area contributed by atoms with Crippen LogP contribution in [-0.4, -0.2) is 48.9 Å². The summed E-state index contributed by atoms with van der Waals surface area (Å²) in [6, 6.07) is 15.1. The van der Waals surface area contributed by atoms with E-state index in [1.807, 2.05) is 12.1 Å². The molecule has 0 saturated heterocycles. The molecule has 0 bridgehead atoms. The summed E-state index contributed by atoms with van der Waals surface area (Å²) < 4.78 is 9.77. The van der Waals surface area contributed by atoms with Crippen molar-refractivity contribution < 1.29 is 29.0 Å². The minimum atomic E-state index is -1.32. The van der Waals surface area contributed by atoms with Gasteiger partial charge >= 0.3 is 12.1 Å². The van der Waals surface area contributed by atoms with E-state index in [1.54, 1.807) is 48.5 Å². The van der Waals surface area contributed by atoms with Crippen LogP contribution in [-0.2, 0) is 32.1 Å². The second-order valence-electron chi connectivity index (χ2n) is 6.54. The van der Waals surface area contributed by atoms with Crippen LogP contribution in [0.4, 0.5) is 4.79 Å². The maximum Gasteiger partial charge on any atom is 0.408 e. The first-order valence-corrected chi connectivity index (χ1v) is 9.42. The number of carbonyl (C=O) groups excluding carboxylic acids is 3. The van der Waals surface area contributed by atoms with Gasteiger partial charge in [-0.15, -0.1) is 0 Å². The molecule has 0 aliphatic carbocycles. The third-order valence-corrected chi connectivity index (χ3v) is 4.33. The molecular formula is C22H23N3O6. The van der Waals surface area contributed by atoms with E-state index in [1.165, 1.54) is 7.11 Å². The molecule has 0 fully saturated rings. The highest BCUT2D eigenvalue weighted by Crippen LogP contribution is 2.08. The number of carbonyl (C=O) groups is 3. The number of rotatable bonds is 9. The standard InChI is InChI=1S/C22H23N3O6/c1-30-21(28)18(11-15-7-9-16(12-23)10-8-15)24-20(27)19(13-26)25-22(29)31-14-17-5-3-2-4-6-17/h2-10,18-19,26H,11,13-14H2,1H3,(H,24,27)(H,25,29)/t18-,19+/m1/s1. The number of nitrogens with zero attached hydrogens (tertiary/aromatic N) is 1. The molecule has 0 aromatic heterocycles. The van der Waals surface area contributed by atoms with Crippen molar-refractivity contribution in [3.05, 3.63) is 71.3 Å². The van der Waals surface area contributed by atoms with E-state index < -0.39 is 36.7 Å². The SMILES string of the molecule is COC(=O)[C@@H](Cc1ccc(C#N)cc1)NC(=O)[C@H](CO)NC(=O)OCc1ccccc1. The smallest absolute Gasteiger partial charge is 0.408 e. The fourth-order valence-electron chi connectivity index (χ4n) is 2.66. The van der Waals surface area contributed by atoms with Gasteiger partial charge in [-0.1, -0.05) is 42.5 Å². The molecule has 31 heavy (non-hydrogen) atoms. The van der Waals surface area contributed by atoms with Crippen molar-refractivity contribution in [3.63, 3.8) is 0 Å². The minimum Gasteiger partial charge on any atom is -0.467 e. The molecule has 9 heteroatoms. The summed E-state index contributed by atoms with van der Waals surface area (Å²) in [6.45, 7) is -0.701. The summed E-state index contributed by atoms with van der Waals surface area (Å²) in [5.41, 5.74) is 1.90. The van der Waals surface area contributed by atoms with Crippen LogP contribution in [0.15, 0.2) is 54.6 Å². The van der Waals surface area contributed by atoms with E-state index >= 15 is 0 Å². The molecule has 0 saturated carbocycles. The number of methoxy groups -OCH3 is 1. The number of nitrogens with one attached hydrogen (secondary N) is 2. The summed E-state index contributed by atoms with van der Waals surface area (Å²) >= 11 is 0. The van der Waals surface area contributed by atoms with Gasteiger partial charge in [0.05, 0.1) is 25.3 Å². The Labute approximate surface area is 179 Å². The van der Waals surface area contributed by atoms with E-state index in [9.17, 15) is 19.5 Å². The Bertz CT molecular complexity index is 925. The third-order valence-electron chi connectivity index (χ3n) is 4.33. The largest absolute Gasteiger partial charge is 0.467 e. The van der Waals surface area contributed by atoms with Crippen molar-refractivity contribution in [1.29, 1.82) is 5.26 Å². The van der Waals surface area contributed by atoms with Crippen LogP contribution >= 0.6 is 0 Å². The maximum absolute atomic E-state index is 12.5. The Morgan fingerprint density at radius 3 is 2.26 bits per heavy atom. The van der Waals surface area contributed by atoms with E-state index in [4.69, 9.17) is 14.7 Å². The van der Waals surface area contributed by atoms with Crippen LogP contribution in [0.2, 0.25) is 0 Å². The molecule has 2 aromatic rings. The number of hydrogen-bond donors (Lipinski definition) is 3. The van der Waals surface area contributed by atoms with E-state index in [-0.39, 0.29) is 13.0 Å². The summed E-state index contributed by atoms with van der Waals surface area (Å²) in [6.07, 6.45) is -0.791. The Morgan fingerprint density at radius 1 is 1.00 bits per heavy atom. The quantitative estimate of drug-likeness (QED) is 0.511. The molecule has 2 atom stereocenters. The predicted octanol–water partition coefficient (Wildman–Crippen LogP) is 1.05. The molecule has 2 amide bonds. The van der Waals surface area contributed by atoms with Gasteiger partial charge in [-0.25, -0.2) is 9.59 Å². The second kappa shape index (κ2) is 11.9. The molecule has 0 heterocycles. The lowest BCUT2D eigenvalue weighted by Gasteiger charge is -2.21. The number of aliphatic hydroxyl groups excluding tert-OH is 1. The Hall–Kier alpha value is -3.90. The molecule has 0 unspecified atom stereocenters. The van der Waals surface area contributed by atoms with Crippen LogP contribution < -0.4 is 10.6 Å². The van der Waals surface area contributed by atoms with Gasteiger partial charge in [0.15, 0.2) is 0 Å². The van der Waals surface area contributed by atoms with Gasteiger partial charge in [-0.3, -0.25) is 4.79 Å². The Morgan fingerprint density at radius 2 is 1.68 bits per heavy atom. The molecule has 2 rings (SSSR count). The number of esters is 1. The first-order valence-electron chi connectivity index (χ1n) is 9.42. The first kappa shape index (κ1) is 23.4. The van der Waals surface area contributed by atoms with Crippen LogP contribution in [0, 0.1) is 11.3 Å². The van der Waals surface area contributed by atoms with Gasteiger partial charge in [0.2, 0.25) is 5.91 Å². The third kappa shape index (κ3) is 7.45. The van der Waals surface area contributed by atoms with Gasteiger partial charge in [0, 0.05) is 6.42 Å². The zero-order valence-corrected chi connectivity index (χ0v) is 16.9. The van der Waals surface area contributed by atoms with Gasteiger partial charge in [0.1, 0.15) is 18.7 Å². The zero-order chi connectivity index (χ0) is 22.6. The molecule has 0 aliphatic rings. The Kier molecular flexibility index (Phi) is 9.01. The molecule has 3 N–H and O–H groups in total. The number of alkyl carbamates (subject to hydrolysis) is 1. The highest BCUT2D eigenvalue weighted by Gasteiger charge is 2.27. The number of nitriles is 1. The number of benzene rings is 2. The number of ether oxygens (including phenoxy) is 2. The number of aliphatic hydroxyl groups is 1. The molecule has 162 valence electrons. The van der Waals surface area contributed by atoms with Crippen molar-refractivity contribution in [1.82, 2.24) is 10.6 Å². The molecule has 0 spiro atoms. The highest BCUT2D eigenvalue weighted by atomic mass is 16.5. The lowest BCUT2D eigenvalue weighted by molar-refractivity contribution is -0.145. The molecule has 2 aromatic carbocycles. The van der Waals surface area contributed by atoms with Gasteiger partial charge < -0.3 is 25.2 Å². The summed E-state index contributed by atoms with van der Waals surface area (Å²) in [7, 11) is 1.18. The van der Waals surface area contributed by atoms with Crippen LogP contribution in [0.25, 0.3) is 0 Å². The van der Waals surface area contributed by atoms with Crippen LogP contribution in [0.3, 0.4) is 0 Å². The van der Waals surface area contributed by atoms with Gasteiger partial charge in [-0.05, 0) is 23.3 Å². The lowest BCUT2D eigenvalue weighted by Crippen LogP contribution is -2.54. The van der Waals surface area contributed by atoms with E-state index in [2.05, 4.69) is 10.6 Å². The second-order valence-corrected chi connectivity index (χ2v) is 6.54. The van der Waals surface area contributed by atoms with Crippen molar-refractivity contribution >= 4 is 18.0 Å². The average molecular weight is 425 g/mol. The molecule has 0 aliphatic heterocycles. The molecule has 0 radical (unpaired) electrons. The van der Waals surface area contributed by atoms with Gasteiger partial charge in [-0.2, -0.15) is 5.26 Å². The molecular weight excluding hydrogens is 402 g/mol. The van der Waals surface area contributed by atoms with Crippen LogP contribution in [0.5, 0.6) is 0 Å². The fourth-order valence-corrected chi connectivity index (χ4v) is 2.66.